The molecule has 2 aromatic carbocycles. The highest BCUT2D eigenvalue weighted by atomic mass is 19.1. The summed E-state index contributed by atoms with van der Waals surface area (Å²) in [6.07, 6.45) is 5.43. The Bertz CT molecular complexity index is 1720. The Balaban J connectivity index is 2.02. The zero-order chi connectivity index (χ0) is 36.7. The molecule has 0 aliphatic heterocycles. The number of nitrogens with one attached hydrogen (secondary N) is 3. The van der Waals surface area contributed by atoms with Crippen molar-refractivity contribution in [2.24, 2.45) is 17.6 Å². The van der Waals surface area contributed by atoms with Gasteiger partial charge in [-0.3, -0.25) is 9.59 Å². The topological polar surface area (TPSA) is 150 Å². The van der Waals surface area contributed by atoms with E-state index in [4.69, 9.17) is 15.9 Å². The van der Waals surface area contributed by atoms with Gasteiger partial charge in [0.15, 0.2) is 0 Å². The molecule has 262 valence electrons. The first-order valence-corrected chi connectivity index (χ1v) is 16.4. The number of pyridine rings is 1. The molecule has 0 fully saturated rings. The lowest BCUT2D eigenvalue weighted by Gasteiger charge is -2.24. The summed E-state index contributed by atoms with van der Waals surface area (Å²) >= 11 is 0. The van der Waals surface area contributed by atoms with Crippen LogP contribution < -0.4 is 21.1 Å². The maximum atomic E-state index is 15.5. The van der Waals surface area contributed by atoms with Crippen molar-refractivity contribution in [1.82, 2.24) is 4.98 Å². The Kier molecular flexibility index (Phi) is 12.6. The quantitative estimate of drug-likeness (QED) is 0.0637. The fraction of sp³-hybridized carbons (Fsp3) is 0.385. The van der Waals surface area contributed by atoms with E-state index in [0.717, 1.165) is 18.2 Å². The molecule has 0 saturated carbocycles. The molecule has 0 bridgehead atoms. The van der Waals surface area contributed by atoms with Crippen molar-refractivity contribution >= 4 is 35.1 Å². The summed E-state index contributed by atoms with van der Waals surface area (Å²) in [6, 6.07) is 11.6. The van der Waals surface area contributed by atoms with Gasteiger partial charge in [-0.1, -0.05) is 66.7 Å². The second kappa shape index (κ2) is 16.0. The van der Waals surface area contributed by atoms with Crippen LogP contribution in [0.5, 0.6) is 5.75 Å². The molecule has 1 heterocycles. The van der Waals surface area contributed by atoms with Gasteiger partial charge in [-0.25, -0.2) is 9.37 Å². The van der Waals surface area contributed by atoms with Crippen molar-refractivity contribution in [3.8, 4) is 5.75 Å². The van der Waals surface area contributed by atoms with E-state index in [2.05, 4.69) is 43.0 Å². The number of carbonyl (C=O) groups excluding carboxylic acids is 2. The highest BCUT2D eigenvalue weighted by Crippen LogP contribution is 2.33. The van der Waals surface area contributed by atoms with E-state index in [-0.39, 0.29) is 34.8 Å². The lowest BCUT2D eigenvalue weighted by Crippen LogP contribution is -2.27. The van der Waals surface area contributed by atoms with Crippen LogP contribution in [0.2, 0.25) is 0 Å². The zero-order valence-electron chi connectivity index (χ0n) is 29.8. The van der Waals surface area contributed by atoms with E-state index in [1.54, 1.807) is 44.2 Å². The lowest BCUT2D eigenvalue weighted by atomic mass is 9.83. The first kappa shape index (κ1) is 38.6. The van der Waals surface area contributed by atoms with Gasteiger partial charge in [-0.05, 0) is 96.2 Å². The maximum Gasteiger partial charge on any atom is 0.265 e. The van der Waals surface area contributed by atoms with Crippen LogP contribution in [0.15, 0.2) is 67.0 Å². The minimum absolute atomic E-state index is 0.0376. The van der Waals surface area contributed by atoms with Gasteiger partial charge in [0.2, 0.25) is 0 Å². The van der Waals surface area contributed by atoms with Crippen molar-refractivity contribution in [3.05, 3.63) is 101 Å². The smallest absolute Gasteiger partial charge is 0.265 e. The minimum Gasteiger partial charge on any atom is -0.489 e. The number of rotatable bonds is 15. The Morgan fingerprint density at radius 3 is 2.35 bits per heavy atom. The van der Waals surface area contributed by atoms with E-state index in [9.17, 15) is 14.7 Å². The Morgan fingerprint density at radius 1 is 1.12 bits per heavy atom. The molecule has 3 rings (SSSR count). The molecule has 9 nitrogen and oxygen atoms in total. The van der Waals surface area contributed by atoms with Crippen LogP contribution in [0, 0.1) is 23.1 Å². The first-order chi connectivity index (χ1) is 22.8. The molecule has 0 radical (unpaired) electrons. The van der Waals surface area contributed by atoms with Crippen LogP contribution >= 0.6 is 0 Å². The van der Waals surface area contributed by atoms with E-state index in [1.165, 1.54) is 18.3 Å². The number of aliphatic hydroxyl groups is 1. The largest absolute Gasteiger partial charge is 0.489 e. The average Bonchev–Trinajstić information content (AvgIpc) is 3.01. The van der Waals surface area contributed by atoms with E-state index < -0.39 is 23.2 Å². The molecule has 10 heteroatoms. The summed E-state index contributed by atoms with van der Waals surface area (Å²) in [4.78, 5) is 30.5. The Hall–Kier alpha value is -4.83. The summed E-state index contributed by atoms with van der Waals surface area (Å²) in [7, 11) is 0. The molecule has 0 spiro atoms. The number of carbonyl (C=O) groups is 2. The number of amides is 2. The standard InChI is InChI=1S/C39H50FN5O4/c1-10-25(23(2)3)18-30-29(24(4)16-33(36(42)46)44-34-15-14-28(21-43-34)49-22-39(8,9)48)12-11-13-32(30)45-37(47)35-26(20-41)17-27(19-31(35)40)38(5,6)7/h11-17,19-21,23,25,41,48H,4,10,18,22H2,1-3,5-9H3,(H2,42,46)(H,43,44)(H,45,47)/b33-16+,41-20?. The van der Waals surface area contributed by atoms with Crippen molar-refractivity contribution in [2.75, 3.05) is 17.2 Å². The molecule has 1 atom stereocenters. The van der Waals surface area contributed by atoms with Crippen LogP contribution in [-0.2, 0) is 16.6 Å². The highest BCUT2D eigenvalue weighted by Gasteiger charge is 2.25. The number of aromatic nitrogens is 1. The van der Waals surface area contributed by atoms with E-state index >= 15 is 4.39 Å². The van der Waals surface area contributed by atoms with Crippen LogP contribution in [0.3, 0.4) is 0 Å². The second-order valence-corrected chi connectivity index (χ2v) is 14.3. The molecule has 1 aromatic heterocycles. The number of ether oxygens (including phenoxy) is 1. The van der Waals surface area contributed by atoms with Crippen molar-refractivity contribution in [3.63, 3.8) is 0 Å². The number of nitrogens with two attached hydrogens (primary N) is 1. The highest BCUT2D eigenvalue weighted by molar-refractivity contribution is 6.10. The van der Waals surface area contributed by atoms with E-state index in [0.29, 0.717) is 46.3 Å². The fourth-order valence-electron chi connectivity index (χ4n) is 5.30. The summed E-state index contributed by atoms with van der Waals surface area (Å²) in [6.45, 7) is 19.8. The molecule has 1 unspecified atom stereocenters. The molecule has 0 aliphatic rings. The molecular formula is C39H50FN5O4. The number of hydrogen-bond donors (Lipinski definition) is 5. The third-order valence-corrected chi connectivity index (χ3v) is 8.25. The predicted octanol–water partition coefficient (Wildman–Crippen LogP) is 7.64. The van der Waals surface area contributed by atoms with Crippen molar-refractivity contribution < 1.29 is 23.8 Å². The molecule has 2 amide bonds. The molecule has 0 saturated heterocycles. The van der Waals surface area contributed by atoms with Crippen LogP contribution in [0.25, 0.3) is 5.57 Å². The molecule has 3 aromatic rings. The number of halogens is 1. The first-order valence-electron chi connectivity index (χ1n) is 16.4. The third kappa shape index (κ3) is 10.6. The fourth-order valence-corrected chi connectivity index (χ4v) is 5.30. The SMILES string of the molecule is C=C(/C=C(/Nc1ccc(OCC(C)(C)O)cn1)C(N)=O)c1cccc(NC(=O)c2c(F)cc(C(C)(C)C)cc2C=N)c1CC(CC)C(C)C. The van der Waals surface area contributed by atoms with Gasteiger partial charge in [-0.15, -0.1) is 0 Å². The van der Waals surface area contributed by atoms with Gasteiger partial charge in [0.1, 0.15) is 29.7 Å². The average molecular weight is 672 g/mol. The Labute approximate surface area is 289 Å². The maximum absolute atomic E-state index is 15.5. The monoisotopic (exact) mass is 671 g/mol. The van der Waals surface area contributed by atoms with Gasteiger partial charge >= 0.3 is 0 Å². The van der Waals surface area contributed by atoms with Gasteiger partial charge in [0.05, 0.1) is 17.4 Å². The number of benzene rings is 2. The number of primary amides is 1. The second-order valence-electron chi connectivity index (χ2n) is 14.3. The summed E-state index contributed by atoms with van der Waals surface area (Å²) < 4.78 is 21.1. The summed E-state index contributed by atoms with van der Waals surface area (Å²) in [5, 5.41) is 23.7. The third-order valence-electron chi connectivity index (χ3n) is 8.25. The zero-order valence-corrected chi connectivity index (χ0v) is 29.8. The molecule has 49 heavy (non-hydrogen) atoms. The molecular weight excluding hydrogens is 621 g/mol. The Morgan fingerprint density at radius 2 is 1.82 bits per heavy atom. The lowest BCUT2D eigenvalue weighted by molar-refractivity contribution is -0.114. The summed E-state index contributed by atoms with van der Waals surface area (Å²) in [5.41, 5.74) is 7.44. The number of anilines is 2. The van der Waals surface area contributed by atoms with Crippen LogP contribution in [0.1, 0.15) is 94.4 Å². The van der Waals surface area contributed by atoms with Gasteiger partial charge in [0, 0.05) is 17.5 Å². The van der Waals surface area contributed by atoms with Crippen LogP contribution in [-0.4, -0.2) is 40.3 Å². The number of allylic oxidation sites excluding steroid dienone is 2. The summed E-state index contributed by atoms with van der Waals surface area (Å²) in [5.74, 6) is -0.775. The number of hydrogen-bond acceptors (Lipinski definition) is 7. The van der Waals surface area contributed by atoms with Gasteiger partial charge in [0.25, 0.3) is 11.8 Å². The van der Waals surface area contributed by atoms with Crippen molar-refractivity contribution in [2.45, 2.75) is 79.2 Å². The van der Waals surface area contributed by atoms with E-state index in [1.807, 2.05) is 26.8 Å². The van der Waals surface area contributed by atoms with Gasteiger partial charge in [-0.2, -0.15) is 0 Å². The predicted molar refractivity (Wildman–Crippen MR) is 196 cm³/mol. The normalized spacial score (nSPS) is 12.8. The number of nitrogens with zero attached hydrogens (tertiary/aromatic N) is 1. The van der Waals surface area contributed by atoms with Crippen molar-refractivity contribution in [1.29, 1.82) is 5.41 Å². The van der Waals surface area contributed by atoms with Crippen LogP contribution in [0.4, 0.5) is 15.9 Å². The molecule has 6 N–H and O–H groups in total. The minimum atomic E-state index is -1.01. The molecule has 0 aliphatic carbocycles. The van der Waals surface area contributed by atoms with Gasteiger partial charge < -0.3 is 31.6 Å².